The van der Waals surface area contributed by atoms with Gasteiger partial charge in [0.15, 0.2) is 0 Å². The minimum absolute atomic E-state index is 0.244. The van der Waals surface area contributed by atoms with E-state index in [1.54, 1.807) is 18.7 Å². The van der Waals surface area contributed by atoms with Crippen molar-refractivity contribution < 1.29 is 9.63 Å². The Bertz CT molecular complexity index is 510. The van der Waals surface area contributed by atoms with Crippen molar-refractivity contribution >= 4 is 11.8 Å². The van der Waals surface area contributed by atoms with E-state index in [4.69, 9.17) is 10.3 Å². The molecule has 0 bridgehead atoms. The smallest absolute Gasteiger partial charge is 0.246 e. The molecule has 18 heavy (non-hydrogen) atoms. The Kier molecular flexibility index (Phi) is 4.00. The summed E-state index contributed by atoms with van der Waals surface area (Å²) in [7, 11) is 0. The monoisotopic (exact) mass is 265 g/mol. The number of rotatable bonds is 4. The fourth-order valence-electron chi connectivity index (χ4n) is 1.43. The van der Waals surface area contributed by atoms with Gasteiger partial charge >= 0.3 is 0 Å². The summed E-state index contributed by atoms with van der Waals surface area (Å²) in [6, 6.07) is 7.18. The topological polar surface area (TPSA) is 85.2 Å². The Labute approximate surface area is 109 Å². The van der Waals surface area contributed by atoms with Gasteiger partial charge in [-0.3, -0.25) is 0 Å². The van der Waals surface area contributed by atoms with Crippen LogP contribution in [0.2, 0.25) is 0 Å². The van der Waals surface area contributed by atoms with Crippen molar-refractivity contribution in [3.05, 3.63) is 30.2 Å². The fourth-order valence-corrected chi connectivity index (χ4v) is 1.84. The lowest BCUT2D eigenvalue weighted by molar-refractivity contribution is 0.146. The molecule has 2 atom stereocenters. The average molecular weight is 265 g/mol. The highest BCUT2D eigenvalue weighted by Gasteiger charge is 2.19. The first kappa shape index (κ1) is 13.1. The summed E-state index contributed by atoms with van der Waals surface area (Å²) in [4.78, 5) is 5.36. The van der Waals surface area contributed by atoms with E-state index in [-0.39, 0.29) is 5.89 Å². The van der Waals surface area contributed by atoms with Gasteiger partial charge in [0.1, 0.15) is 6.04 Å². The summed E-state index contributed by atoms with van der Waals surface area (Å²) in [6.45, 7) is 1.59. The molecule has 0 amide bonds. The summed E-state index contributed by atoms with van der Waals surface area (Å²) in [5.41, 5.74) is 6.59. The quantitative estimate of drug-likeness (QED) is 0.820. The highest BCUT2D eigenvalue weighted by Crippen LogP contribution is 2.22. The minimum atomic E-state index is -0.725. The molecule has 2 aromatic rings. The van der Waals surface area contributed by atoms with Gasteiger partial charge < -0.3 is 15.4 Å². The fraction of sp³-hybridized carbons (Fsp3) is 0.333. The Balaban J connectivity index is 2.23. The molecule has 0 saturated heterocycles. The Morgan fingerprint density at radius 1 is 1.33 bits per heavy atom. The van der Waals surface area contributed by atoms with Gasteiger partial charge in [-0.2, -0.15) is 4.98 Å². The van der Waals surface area contributed by atoms with E-state index in [1.807, 2.05) is 30.5 Å². The summed E-state index contributed by atoms with van der Waals surface area (Å²) in [5.74, 6) is 0.725. The van der Waals surface area contributed by atoms with E-state index >= 15 is 0 Å². The van der Waals surface area contributed by atoms with Crippen LogP contribution in [0, 0.1) is 0 Å². The highest BCUT2D eigenvalue weighted by molar-refractivity contribution is 7.98. The molecule has 96 valence electrons. The second-order valence-electron chi connectivity index (χ2n) is 3.95. The lowest BCUT2D eigenvalue weighted by Gasteiger charge is -2.08. The van der Waals surface area contributed by atoms with Crippen LogP contribution in [0.1, 0.15) is 18.9 Å². The highest BCUT2D eigenvalue weighted by atomic mass is 32.2. The van der Waals surface area contributed by atoms with Crippen molar-refractivity contribution in [1.82, 2.24) is 10.1 Å². The predicted octanol–water partition coefficient (Wildman–Crippen LogP) is 1.84. The molecule has 6 heteroatoms. The summed E-state index contributed by atoms with van der Waals surface area (Å²) in [5, 5.41) is 13.2. The molecule has 2 unspecified atom stereocenters. The molecule has 3 N–H and O–H groups in total. The van der Waals surface area contributed by atoms with Crippen molar-refractivity contribution in [2.24, 2.45) is 5.73 Å². The van der Waals surface area contributed by atoms with Crippen LogP contribution in [0.5, 0.6) is 0 Å². The van der Waals surface area contributed by atoms with Crippen molar-refractivity contribution in [1.29, 1.82) is 0 Å². The summed E-state index contributed by atoms with van der Waals surface area (Å²) < 4.78 is 5.05. The normalized spacial score (nSPS) is 14.4. The number of aromatic nitrogens is 2. The van der Waals surface area contributed by atoms with Gasteiger partial charge in [0, 0.05) is 10.5 Å². The van der Waals surface area contributed by atoms with E-state index in [0.29, 0.717) is 5.82 Å². The number of hydrogen-bond donors (Lipinski definition) is 2. The second kappa shape index (κ2) is 5.51. The SMILES string of the molecule is CSc1ccc(-c2noc(C(N)C(C)O)n2)cc1. The van der Waals surface area contributed by atoms with Crippen LogP contribution < -0.4 is 5.73 Å². The molecule has 1 aromatic heterocycles. The molecule has 0 saturated carbocycles. The molecule has 0 aliphatic heterocycles. The number of hydrogen-bond acceptors (Lipinski definition) is 6. The zero-order valence-electron chi connectivity index (χ0n) is 10.2. The maximum absolute atomic E-state index is 9.37. The lowest BCUT2D eigenvalue weighted by Crippen LogP contribution is -2.23. The predicted molar refractivity (Wildman–Crippen MR) is 70.1 cm³/mol. The molecular formula is C12H15N3O2S. The first-order valence-corrected chi connectivity index (χ1v) is 6.76. The molecule has 1 aromatic carbocycles. The first-order chi connectivity index (χ1) is 8.61. The lowest BCUT2D eigenvalue weighted by atomic mass is 10.2. The van der Waals surface area contributed by atoms with Gasteiger partial charge in [-0.1, -0.05) is 5.16 Å². The summed E-state index contributed by atoms with van der Waals surface area (Å²) >= 11 is 1.67. The molecule has 1 heterocycles. The van der Waals surface area contributed by atoms with E-state index in [9.17, 15) is 5.11 Å². The molecule has 0 fully saturated rings. The third kappa shape index (κ3) is 2.72. The largest absolute Gasteiger partial charge is 0.391 e. The zero-order valence-corrected chi connectivity index (χ0v) is 11.0. The molecular weight excluding hydrogens is 250 g/mol. The van der Waals surface area contributed by atoms with Crippen LogP contribution in [0.4, 0.5) is 0 Å². The molecule has 0 radical (unpaired) electrons. The van der Waals surface area contributed by atoms with Crippen LogP contribution in [0.15, 0.2) is 33.7 Å². The van der Waals surface area contributed by atoms with Crippen molar-refractivity contribution in [2.45, 2.75) is 24.0 Å². The van der Waals surface area contributed by atoms with E-state index in [1.165, 1.54) is 4.90 Å². The van der Waals surface area contributed by atoms with Gasteiger partial charge in [0.25, 0.3) is 0 Å². The number of nitrogens with zero attached hydrogens (tertiary/aromatic N) is 2. The Hall–Kier alpha value is -1.37. The Morgan fingerprint density at radius 2 is 2.00 bits per heavy atom. The number of thioether (sulfide) groups is 1. The average Bonchev–Trinajstić information content (AvgIpc) is 2.87. The zero-order chi connectivity index (χ0) is 13.1. The van der Waals surface area contributed by atoms with Gasteiger partial charge in [-0.15, -0.1) is 11.8 Å². The molecule has 0 spiro atoms. The minimum Gasteiger partial charge on any atom is -0.391 e. The van der Waals surface area contributed by atoms with Crippen molar-refractivity contribution in [3.8, 4) is 11.4 Å². The first-order valence-electron chi connectivity index (χ1n) is 5.53. The number of nitrogens with two attached hydrogens (primary N) is 1. The van der Waals surface area contributed by atoms with Crippen molar-refractivity contribution in [2.75, 3.05) is 6.26 Å². The van der Waals surface area contributed by atoms with Crippen LogP contribution in [0.25, 0.3) is 11.4 Å². The van der Waals surface area contributed by atoms with Gasteiger partial charge in [0.2, 0.25) is 11.7 Å². The van der Waals surface area contributed by atoms with Crippen LogP contribution >= 0.6 is 11.8 Å². The number of aliphatic hydroxyl groups excluding tert-OH is 1. The third-order valence-corrected chi connectivity index (χ3v) is 3.34. The second-order valence-corrected chi connectivity index (χ2v) is 4.83. The molecule has 0 aliphatic carbocycles. The van der Waals surface area contributed by atoms with Gasteiger partial charge in [-0.05, 0) is 37.4 Å². The molecule has 5 nitrogen and oxygen atoms in total. The maximum atomic E-state index is 9.37. The summed E-state index contributed by atoms with van der Waals surface area (Å²) in [6.07, 6.45) is 1.29. The van der Waals surface area contributed by atoms with E-state index in [0.717, 1.165) is 5.56 Å². The van der Waals surface area contributed by atoms with Crippen molar-refractivity contribution in [3.63, 3.8) is 0 Å². The molecule has 2 rings (SSSR count). The van der Waals surface area contributed by atoms with E-state index in [2.05, 4.69) is 10.1 Å². The third-order valence-electron chi connectivity index (χ3n) is 2.59. The number of benzene rings is 1. The number of aliphatic hydroxyl groups is 1. The van der Waals surface area contributed by atoms with Gasteiger partial charge in [0.05, 0.1) is 6.10 Å². The molecule has 0 aliphatic rings. The van der Waals surface area contributed by atoms with Crippen LogP contribution in [0.3, 0.4) is 0 Å². The standard InChI is InChI=1S/C12H15N3O2S/c1-7(16)10(13)12-14-11(15-17-12)8-3-5-9(18-2)6-4-8/h3-7,10,16H,13H2,1-2H3. The van der Waals surface area contributed by atoms with Crippen LogP contribution in [-0.2, 0) is 0 Å². The van der Waals surface area contributed by atoms with Gasteiger partial charge in [-0.25, -0.2) is 0 Å². The Morgan fingerprint density at radius 3 is 2.56 bits per heavy atom. The maximum Gasteiger partial charge on any atom is 0.246 e. The van der Waals surface area contributed by atoms with E-state index < -0.39 is 12.1 Å². The van der Waals surface area contributed by atoms with Crippen LogP contribution in [-0.4, -0.2) is 27.6 Å².